The molecular formula is C28H22F2N2O6S. The summed E-state index contributed by atoms with van der Waals surface area (Å²) in [6.07, 6.45) is -0.305. The number of hydrogen-bond acceptors (Lipinski definition) is 7. The van der Waals surface area contributed by atoms with E-state index in [0.29, 0.717) is 16.5 Å². The van der Waals surface area contributed by atoms with Crippen LogP contribution < -0.4 is 4.90 Å². The molecule has 8 nitrogen and oxygen atoms in total. The molecule has 2 aliphatic rings. The van der Waals surface area contributed by atoms with Crippen molar-refractivity contribution in [3.05, 3.63) is 103 Å². The van der Waals surface area contributed by atoms with E-state index in [4.69, 9.17) is 4.74 Å². The zero-order valence-electron chi connectivity index (χ0n) is 20.6. The molecule has 0 fully saturated rings. The minimum Gasteiger partial charge on any atom is -0.465 e. The standard InChI is InChI=1S/C28H22F2N2O6S/c1-2-38-28(35)26-19(23-7-4-10-39-23)13-22-25(27(26)34)18(15-5-3-6-17(11-15)32(36)37)14-24(33)31(22)21-9-8-16(29)12-20(21)30/h3-12,18-19,26H,2,13-14H2,1H3. The molecule has 0 radical (unpaired) electrons. The fraction of sp³-hybridized carbons (Fsp3) is 0.250. The molecule has 3 unspecified atom stereocenters. The highest BCUT2D eigenvalue weighted by Crippen LogP contribution is 2.50. The quantitative estimate of drug-likeness (QED) is 0.169. The monoisotopic (exact) mass is 552 g/mol. The minimum absolute atomic E-state index is 0.0129. The Hall–Kier alpha value is -4.25. The van der Waals surface area contributed by atoms with Crippen molar-refractivity contribution in [3.63, 3.8) is 0 Å². The van der Waals surface area contributed by atoms with E-state index >= 15 is 4.39 Å². The van der Waals surface area contributed by atoms with Gasteiger partial charge in [-0.05, 0) is 42.5 Å². The van der Waals surface area contributed by atoms with E-state index < -0.39 is 52.0 Å². The van der Waals surface area contributed by atoms with Gasteiger partial charge < -0.3 is 4.74 Å². The molecule has 1 aromatic heterocycles. The smallest absolute Gasteiger partial charge is 0.317 e. The highest BCUT2D eigenvalue weighted by molar-refractivity contribution is 7.10. The molecule has 1 amide bonds. The second kappa shape index (κ2) is 10.5. The molecule has 2 heterocycles. The molecule has 39 heavy (non-hydrogen) atoms. The molecule has 2 aromatic carbocycles. The summed E-state index contributed by atoms with van der Waals surface area (Å²) in [5.41, 5.74) is 0.159. The van der Waals surface area contributed by atoms with Gasteiger partial charge in [0.2, 0.25) is 5.91 Å². The molecule has 3 aromatic rings. The fourth-order valence-corrected chi connectivity index (χ4v) is 6.25. The average Bonchev–Trinajstić information content (AvgIpc) is 3.44. The third kappa shape index (κ3) is 4.74. The SMILES string of the molecule is CCOC(=O)C1C(=O)C2=C(CC1c1cccs1)N(c1ccc(F)cc1F)C(=O)CC2c1cccc([N+](=O)[O-])c1. The van der Waals surface area contributed by atoms with Crippen LogP contribution in [0.15, 0.2) is 71.2 Å². The van der Waals surface area contributed by atoms with Gasteiger partial charge in [-0.1, -0.05) is 18.2 Å². The Bertz CT molecular complexity index is 1520. The number of esters is 1. The lowest BCUT2D eigenvalue weighted by molar-refractivity contribution is -0.384. The summed E-state index contributed by atoms with van der Waals surface area (Å²) in [4.78, 5) is 53.6. The van der Waals surface area contributed by atoms with Gasteiger partial charge in [0.1, 0.15) is 17.6 Å². The minimum atomic E-state index is -1.23. The maximum atomic E-state index is 15.0. The van der Waals surface area contributed by atoms with Gasteiger partial charge in [-0.25, -0.2) is 8.78 Å². The van der Waals surface area contributed by atoms with Gasteiger partial charge in [0.05, 0.1) is 17.2 Å². The molecule has 0 bridgehead atoms. The van der Waals surface area contributed by atoms with Crippen LogP contribution >= 0.6 is 11.3 Å². The fourth-order valence-electron chi connectivity index (χ4n) is 5.38. The lowest BCUT2D eigenvalue weighted by atomic mass is 9.69. The number of hydrogen-bond donors (Lipinski definition) is 0. The lowest BCUT2D eigenvalue weighted by Crippen LogP contribution is -2.46. The van der Waals surface area contributed by atoms with Crippen molar-refractivity contribution in [1.82, 2.24) is 0 Å². The first kappa shape index (κ1) is 26.4. The van der Waals surface area contributed by atoms with E-state index in [9.17, 15) is 28.9 Å². The molecule has 11 heteroatoms. The van der Waals surface area contributed by atoms with Crippen molar-refractivity contribution in [3.8, 4) is 0 Å². The summed E-state index contributed by atoms with van der Waals surface area (Å²) in [6, 6.07) is 11.9. The largest absolute Gasteiger partial charge is 0.465 e. The molecule has 1 aliphatic carbocycles. The predicted molar refractivity (Wildman–Crippen MR) is 138 cm³/mol. The second-order valence-corrected chi connectivity index (χ2v) is 10.2. The zero-order chi connectivity index (χ0) is 27.8. The van der Waals surface area contributed by atoms with Crippen molar-refractivity contribution in [2.75, 3.05) is 11.5 Å². The van der Waals surface area contributed by atoms with Crippen LogP contribution in [0.3, 0.4) is 0 Å². The number of non-ortho nitro benzene ring substituents is 1. The highest BCUT2D eigenvalue weighted by atomic mass is 32.1. The number of nitro benzene ring substituents is 1. The van der Waals surface area contributed by atoms with Crippen LogP contribution in [0.5, 0.6) is 0 Å². The van der Waals surface area contributed by atoms with Gasteiger partial charge in [0.15, 0.2) is 5.78 Å². The molecule has 3 atom stereocenters. The summed E-state index contributed by atoms with van der Waals surface area (Å²) in [5.74, 6) is -6.54. The number of allylic oxidation sites excluding steroid dienone is 2. The molecular weight excluding hydrogens is 530 g/mol. The Morgan fingerprint density at radius 3 is 2.59 bits per heavy atom. The van der Waals surface area contributed by atoms with Crippen molar-refractivity contribution >= 4 is 40.4 Å². The van der Waals surface area contributed by atoms with E-state index in [0.717, 1.165) is 17.0 Å². The van der Waals surface area contributed by atoms with Gasteiger partial charge in [-0.2, -0.15) is 0 Å². The van der Waals surface area contributed by atoms with Crippen molar-refractivity contribution in [1.29, 1.82) is 0 Å². The van der Waals surface area contributed by atoms with Crippen LogP contribution in [0, 0.1) is 27.7 Å². The first-order valence-electron chi connectivity index (χ1n) is 12.2. The molecule has 0 N–H and O–H groups in total. The van der Waals surface area contributed by atoms with Crippen LogP contribution in [0.25, 0.3) is 0 Å². The van der Waals surface area contributed by atoms with E-state index in [2.05, 4.69) is 0 Å². The number of amides is 1. The summed E-state index contributed by atoms with van der Waals surface area (Å²) >= 11 is 1.33. The predicted octanol–water partition coefficient (Wildman–Crippen LogP) is 5.65. The number of halogens is 2. The molecule has 5 rings (SSSR count). The van der Waals surface area contributed by atoms with Crippen LogP contribution in [0.1, 0.15) is 42.0 Å². The maximum absolute atomic E-state index is 15.0. The average molecular weight is 553 g/mol. The number of nitrogens with zero attached hydrogens (tertiary/aromatic N) is 2. The van der Waals surface area contributed by atoms with Crippen LogP contribution in [0.4, 0.5) is 20.2 Å². The summed E-state index contributed by atoms with van der Waals surface area (Å²) < 4.78 is 34.0. The van der Waals surface area contributed by atoms with Crippen LogP contribution in [-0.2, 0) is 19.1 Å². The van der Waals surface area contributed by atoms with E-state index in [1.807, 2.05) is 0 Å². The number of thiophene rings is 1. The number of nitro groups is 1. The topological polar surface area (TPSA) is 107 Å². The van der Waals surface area contributed by atoms with Gasteiger partial charge in [-0.15, -0.1) is 11.3 Å². The van der Waals surface area contributed by atoms with Crippen molar-refractivity contribution in [2.45, 2.75) is 31.6 Å². The maximum Gasteiger partial charge on any atom is 0.317 e. The Morgan fingerprint density at radius 1 is 1.13 bits per heavy atom. The Balaban J connectivity index is 1.74. The van der Waals surface area contributed by atoms with E-state index in [-0.39, 0.29) is 42.1 Å². The summed E-state index contributed by atoms with van der Waals surface area (Å²) in [5, 5.41) is 13.2. The van der Waals surface area contributed by atoms with Crippen LogP contribution in [0.2, 0.25) is 0 Å². The van der Waals surface area contributed by atoms with Gasteiger partial charge in [0.25, 0.3) is 5.69 Å². The number of carbonyl (C=O) groups excluding carboxylic acids is 3. The first-order valence-corrected chi connectivity index (χ1v) is 13.1. The molecule has 1 aliphatic heterocycles. The Labute approximate surface area is 225 Å². The molecule has 0 spiro atoms. The summed E-state index contributed by atoms with van der Waals surface area (Å²) in [7, 11) is 0. The highest BCUT2D eigenvalue weighted by Gasteiger charge is 2.50. The third-order valence-electron chi connectivity index (χ3n) is 7.00. The van der Waals surface area contributed by atoms with E-state index in [1.54, 1.807) is 30.5 Å². The number of Topliss-reactive ketones (excluding diaryl/α,β-unsaturated/α-hetero) is 1. The molecule has 200 valence electrons. The van der Waals surface area contributed by atoms with E-state index in [1.165, 1.54) is 29.5 Å². The number of ether oxygens (including phenoxy) is 1. The zero-order valence-corrected chi connectivity index (χ0v) is 21.5. The number of carbonyl (C=O) groups is 3. The normalized spacial score (nSPS) is 21.1. The number of ketones is 1. The number of benzene rings is 2. The lowest BCUT2D eigenvalue weighted by Gasteiger charge is -2.42. The van der Waals surface area contributed by atoms with Gasteiger partial charge in [0, 0.05) is 52.6 Å². The first-order chi connectivity index (χ1) is 18.7. The summed E-state index contributed by atoms with van der Waals surface area (Å²) in [6.45, 7) is 1.67. The van der Waals surface area contributed by atoms with Crippen molar-refractivity contribution < 1.29 is 32.8 Å². The molecule has 0 saturated heterocycles. The Morgan fingerprint density at radius 2 is 1.92 bits per heavy atom. The molecule has 0 saturated carbocycles. The van der Waals surface area contributed by atoms with Crippen LogP contribution in [-0.4, -0.2) is 29.2 Å². The third-order valence-corrected chi connectivity index (χ3v) is 8.01. The Kier molecular flexibility index (Phi) is 7.09. The van der Waals surface area contributed by atoms with Gasteiger partial charge in [-0.3, -0.25) is 29.4 Å². The number of rotatable bonds is 6. The second-order valence-electron chi connectivity index (χ2n) is 9.21. The van der Waals surface area contributed by atoms with Gasteiger partial charge >= 0.3 is 5.97 Å². The number of anilines is 1. The van der Waals surface area contributed by atoms with Crippen molar-refractivity contribution in [2.24, 2.45) is 5.92 Å².